The van der Waals surface area contributed by atoms with E-state index in [1.165, 1.54) is 34.7 Å². The molecule has 0 spiro atoms. The molecular weight excluding hydrogens is 562 g/mol. The van der Waals surface area contributed by atoms with Gasteiger partial charge in [0.2, 0.25) is 11.8 Å². The van der Waals surface area contributed by atoms with E-state index in [9.17, 15) is 29.1 Å². The number of hydrogen-bond donors (Lipinski definition) is 3. The molecule has 3 heterocycles. The van der Waals surface area contributed by atoms with Crippen LogP contribution >= 0.6 is 0 Å². The molecule has 0 radical (unpaired) electrons. The summed E-state index contributed by atoms with van der Waals surface area (Å²) in [6.45, 7) is 2.43. The molecule has 44 heavy (non-hydrogen) atoms. The first-order valence-corrected chi connectivity index (χ1v) is 15.0. The summed E-state index contributed by atoms with van der Waals surface area (Å²) in [7, 11) is -1.71. The zero-order chi connectivity index (χ0) is 31.0. The van der Waals surface area contributed by atoms with E-state index in [0.29, 0.717) is 37.1 Å². The van der Waals surface area contributed by atoms with Crippen LogP contribution in [-0.4, -0.2) is 51.8 Å². The SMILES string of the molecule is CCCC1=C2[C@@H](CC/C(=C/c3ccc(O)c(F)c3)c3ccccn3)OC[C@@H]2[C@@H]2C(=O)N(c3cccc(B(O)O)c3)C(=O)[C@@H]2C1. The molecular formula is C34H34BFN2O6. The smallest absolute Gasteiger partial charge is 0.488 e. The van der Waals surface area contributed by atoms with Crippen LogP contribution in [0.1, 0.15) is 50.3 Å². The molecule has 1 aromatic heterocycles. The number of carbonyl (C=O) groups excluding carboxylic acids is 2. The Morgan fingerprint density at radius 3 is 2.66 bits per heavy atom. The topological polar surface area (TPSA) is 120 Å². The highest BCUT2D eigenvalue weighted by molar-refractivity contribution is 6.58. The lowest BCUT2D eigenvalue weighted by molar-refractivity contribution is -0.122. The number of anilines is 1. The van der Waals surface area contributed by atoms with Gasteiger partial charge in [0.05, 0.1) is 35.9 Å². The van der Waals surface area contributed by atoms with Crippen LogP contribution in [0.5, 0.6) is 5.75 Å². The fourth-order valence-corrected chi connectivity index (χ4v) is 7.02. The van der Waals surface area contributed by atoms with Crippen molar-refractivity contribution in [3.8, 4) is 5.75 Å². The van der Waals surface area contributed by atoms with Crippen molar-refractivity contribution < 1.29 is 33.9 Å². The zero-order valence-electron chi connectivity index (χ0n) is 24.4. The maximum Gasteiger partial charge on any atom is 0.488 e. The van der Waals surface area contributed by atoms with Gasteiger partial charge in [-0.05, 0) is 90.3 Å². The minimum absolute atomic E-state index is 0.208. The summed E-state index contributed by atoms with van der Waals surface area (Å²) in [4.78, 5) is 33.3. The molecule has 8 nitrogen and oxygen atoms in total. The molecule has 2 saturated heterocycles. The maximum atomic E-state index is 14.1. The fourth-order valence-electron chi connectivity index (χ4n) is 7.02. The van der Waals surface area contributed by atoms with E-state index in [0.717, 1.165) is 29.7 Å². The Balaban J connectivity index is 1.28. The largest absolute Gasteiger partial charge is 0.505 e. The quantitative estimate of drug-likeness (QED) is 0.192. The van der Waals surface area contributed by atoms with E-state index in [2.05, 4.69) is 11.9 Å². The van der Waals surface area contributed by atoms with Crippen LogP contribution in [0.15, 0.2) is 78.0 Å². The highest BCUT2D eigenvalue weighted by Crippen LogP contribution is 2.51. The number of ether oxygens (including phenoxy) is 1. The van der Waals surface area contributed by atoms with Gasteiger partial charge >= 0.3 is 7.12 Å². The third kappa shape index (κ3) is 5.61. The molecule has 2 fully saturated rings. The first-order chi connectivity index (χ1) is 21.3. The molecule has 2 aliphatic heterocycles. The van der Waals surface area contributed by atoms with Crippen molar-refractivity contribution in [3.05, 3.63) is 95.1 Å². The summed E-state index contributed by atoms with van der Waals surface area (Å²) < 4.78 is 20.5. The number of aromatic nitrogens is 1. The predicted molar refractivity (Wildman–Crippen MR) is 165 cm³/mol. The molecule has 10 heteroatoms. The van der Waals surface area contributed by atoms with Gasteiger partial charge in [-0.25, -0.2) is 4.39 Å². The van der Waals surface area contributed by atoms with E-state index < -0.39 is 30.5 Å². The number of hydrogen-bond acceptors (Lipinski definition) is 7. The summed E-state index contributed by atoms with van der Waals surface area (Å²) in [6, 6.07) is 16.1. The number of allylic oxidation sites excluding steroid dienone is 2. The lowest BCUT2D eigenvalue weighted by Crippen LogP contribution is -2.35. The normalized spacial score (nSPS) is 23.3. The second-order valence-electron chi connectivity index (χ2n) is 11.7. The standard InChI is InChI=1S/C34H34BFN2O6/c1-2-6-22-17-25-32(34(41)38(33(25)40)24-8-5-7-23(18-24)35(42)43)26-19-44-30(31(22)26)13-11-21(28-9-3-4-14-37-28)15-20-10-12-29(39)27(36)16-20/h3-5,7-10,12,14-16,18,25-26,30,32,39,42-43H,2,6,11,13,17,19H2,1H3/b21-15-/t25-,26+,30-,32-/m1/s1. The lowest BCUT2D eigenvalue weighted by Gasteiger charge is -2.32. The van der Waals surface area contributed by atoms with Gasteiger partial charge in [0.25, 0.3) is 0 Å². The third-order valence-electron chi connectivity index (χ3n) is 8.97. The number of phenolic OH excluding ortho intramolecular Hbond substituents is 1. The Morgan fingerprint density at radius 2 is 1.93 bits per heavy atom. The molecule has 3 aromatic rings. The van der Waals surface area contributed by atoms with Crippen LogP contribution < -0.4 is 10.4 Å². The van der Waals surface area contributed by atoms with Crippen molar-refractivity contribution in [2.45, 2.75) is 45.1 Å². The second-order valence-corrected chi connectivity index (χ2v) is 11.7. The van der Waals surface area contributed by atoms with Gasteiger partial charge in [0.1, 0.15) is 0 Å². The van der Waals surface area contributed by atoms with Crippen LogP contribution in [0.2, 0.25) is 0 Å². The van der Waals surface area contributed by atoms with Crippen LogP contribution in [0.25, 0.3) is 11.6 Å². The molecule has 3 N–H and O–H groups in total. The van der Waals surface area contributed by atoms with Gasteiger partial charge in [0, 0.05) is 12.1 Å². The van der Waals surface area contributed by atoms with Gasteiger partial charge in [0.15, 0.2) is 11.6 Å². The van der Waals surface area contributed by atoms with Crippen molar-refractivity contribution in [2.24, 2.45) is 17.8 Å². The predicted octanol–water partition coefficient (Wildman–Crippen LogP) is 4.25. The first kappa shape index (κ1) is 29.9. The molecule has 0 bridgehead atoms. The van der Waals surface area contributed by atoms with Gasteiger partial charge in [-0.2, -0.15) is 0 Å². The third-order valence-corrected chi connectivity index (χ3v) is 8.97. The number of aromatic hydroxyl groups is 1. The van der Waals surface area contributed by atoms with Crippen molar-refractivity contribution in [3.63, 3.8) is 0 Å². The Kier molecular flexibility index (Phi) is 8.49. The first-order valence-electron chi connectivity index (χ1n) is 15.0. The molecule has 4 atom stereocenters. The van der Waals surface area contributed by atoms with Crippen LogP contribution in [0.4, 0.5) is 10.1 Å². The van der Waals surface area contributed by atoms with Crippen molar-refractivity contribution in [1.29, 1.82) is 0 Å². The van der Waals surface area contributed by atoms with Crippen LogP contribution in [-0.2, 0) is 14.3 Å². The minimum atomic E-state index is -1.71. The van der Waals surface area contributed by atoms with E-state index >= 15 is 0 Å². The van der Waals surface area contributed by atoms with Crippen molar-refractivity contribution >= 4 is 41.7 Å². The lowest BCUT2D eigenvalue weighted by atomic mass is 9.68. The highest BCUT2D eigenvalue weighted by Gasteiger charge is 2.57. The summed E-state index contributed by atoms with van der Waals surface area (Å²) in [6.07, 6.45) is 6.70. The van der Waals surface area contributed by atoms with E-state index in [4.69, 9.17) is 4.74 Å². The molecule has 226 valence electrons. The summed E-state index contributed by atoms with van der Waals surface area (Å²) >= 11 is 0. The summed E-state index contributed by atoms with van der Waals surface area (Å²) in [5, 5.41) is 28.9. The Bertz CT molecular complexity index is 1640. The number of benzene rings is 2. The summed E-state index contributed by atoms with van der Waals surface area (Å²) in [5.74, 6) is -2.90. The van der Waals surface area contributed by atoms with Gasteiger partial charge < -0.3 is 19.9 Å². The molecule has 3 aliphatic rings. The Hall–Kier alpha value is -4.12. The molecule has 0 unspecified atom stereocenters. The molecule has 2 aromatic carbocycles. The second kappa shape index (κ2) is 12.5. The number of phenols is 1. The van der Waals surface area contributed by atoms with E-state index in [1.54, 1.807) is 24.4 Å². The number of halogens is 1. The number of pyridine rings is 1. The maximum absolute atomic E-state index is 14.1. The van der Waals surface area contributed by atoms with E-state index in [1.807, 2.05) is 24.3 Å². The fraction of sp³-hybridized carbons (Fsp3) is 0.324. The number of amides is 2. The number of imide groups is 1. The van der Waals surface area contributed by atoms with Crippen LogP contribution in [0.3, 0.4) is 0 Å². The Morgan fingerprint density at radius 1 is 1.09 bits per heavy atom. The Labute approximate surface area is 255 Å². The molecule has 6 rings (SSSR count). The number of carbonyl (C=O) groups is 2. The van der Waals surface area contributed by atoms with Gasteiger partial charge in [-0.1, -0.05) is 43.2 Å². The number of rotatable bonds is 9. The average Bonchev–Trinajstić information content (AvgIpc) is 3.55. The summed E-state index contributed by atoms with van der Waals surface area (Å²) in [5.41, 5.74) is 5.08. The van der Waals surface area contributed by atoms with Crippen LogP contribution in [0, 0.1) is 23.6 Å². The molecule has 0 saturated carbocycles. The highest BCUT2D eigenvalue weighted by atomic mass is 19.1. The van der Waals surface area contributed by atoms with Crippen molar-refractivity contribution in [1.82, 2.24) is 4.98 Å². The zero-order valence-corrected chi connectivity index (χ0v) is 24.4. The minimum Gasteiger partial charge on any atom is -0.505 e. The molecule has 2 amide bonds. The average molecular weight is 596 g/mol. The van der Waals surface area contributed by atoms with Crippen molar-refractivity contribution in [2.75, 3.05) is 11.5 Å². The monoisotopic (exact) mass is 596 g/mol. The molecule has 1 aliphatic carbocycles. The van der Waals surface area contributed by atoms with Gasteiger partial charge in [-0.15, -0.1) is 0 Å². The number of fused-ring (bicyclic) bond motifs is 3. The van der Waals surface area contributed by atoms with Gasteiger partial charge in [-0.3, -0.25) is 19.5 Å². The number of nitrogens with zero attached hydrogens (tertiary/aromatic N) is 2. The van der Waals surface area contributed by atoms with E-state index in [-0.39, 0.29) is 29.3 Å².